The fraction of sp³-hybridized carbons (Fsp3) is 0.133. The van der Waals surface area contributed by atoms with E-state index < -0.39 is 0 Å². The van der Waals surface area contributed by atoms with Crippen LogP contribution in [-0.4, -0.2) is 5.91 Å². The normalized spacial score (nSPS) is 10.3. The highest BCUT2D eigenvalue weighted by Gasteiger charge is 2.07. The molecule has 0 fully saturated rings. The number of halogens is 2. The van der Waals surface area contributed by atoms with E-state index in [9.17, 15) is 4.79 Å². The molecule has 1 amide bonds. The van der Waals surface area contributed by atoms with Gasteiger partial charge in [-0.25, -0.2) is 0 Å². The third kappa shape index (κ3) is 3.82. The van der Waals surface area contributed by atoms with E-state index in [-0.39, 0.29) is 5.91 Å². The van der Waals surface area contributed by atoms with Crippen molar-refractivity contribution in [1.82, 2.24) is 5.32 Å². The lowest BCUT2D eigenvalue weighted by atomic mass is 10.1. The Morgan fingerprint density at radius 2 is 2.05 bits per heavy atom. The van der Waals surface area contributed by atoms with Crippen LogP contribution < -0.4 is 5.32 Å². The van der Waals surface area contributed by atoms with Crippen LogP contribution in [0.5, 0.6) is 0 Å². The van der Waals surface area contributed by atoms with Crippen LogP contribution in [0.4, 0.5) is 0 Å². The Morgan fingerprint density at radius 3 is 2.74 bits per heavy atom. The Bertz CT molecular complexity index is 613. The quantitative estimate of drug-likeness (QED) is 0.886. The summed E-state index contributed by atoms with van der Waals surface area (Å²) < 4.78 is 0.998. The van der Waals surface area contributed by atoms with E-state index in [0.717, 1.165) is 15.6 Å². The third-order valence-electron chi connectivity index (χ3n) is 2.78. The number of carbonyl (C=O) groups is 1. The number of benzene rings is 2. The van der Waals surface area contributed by atoms with Crippen LogP contribution in [0.1, 0.15) is 21.5 Å². The van der Waals surface area contributed by atoms with Gasteiger partial charge in [0, 0.05) is 21.6 Å². The van der Waals surface area contributed by atoms with Crippen molar-refractivity contribution in [3.05, 3.63) is 68.7 Å². The van der Waals surface area contributed by atoms with Gasteiger partial charge in [-0.05, 0) is 42.3 Å². The van der Waals surface area contributed by atoms with Gasteiger partial charge in [0.25, 0.3) is 5.91 Å². The van der Waals surface area contributed by atoms with Gasteiger partial charge in [0.1, 0.15) is 0 Å². The molecule has 2 nitrogen and oxygen atoms in total. The summed E-state index contributed by atoms with van der Waals surface area (Å²) in [5, 5.41) is 3.48. The molecule has 0 bridgehead atoms. The van der Waals surface area contributed by atoms with Crippen molar-refractivity contribution in [2.24, 2.45) is 0 Å². The van der Waals surface area contributed by atoms with Crippen LogP contribution in [0, 0.1) is 6.92 Å². The zero-order chi connectivity index (χ0) is 13.8. The average molecular weight is 339 g/mol. The van der Waals surface area contributed by atoms with E-state index in [1.54, 1.807) is 12.1 Å². The van der Waals surface area contributed by atoms with Crippen molar-refractivity contribution >= 4 is 33.4 Å². The Kier molecular flexibility index (Phi) is 4.61. The van der Waals surface area contributed by atoms with Crippen molar-refractivity contribution in [2.45, 2.75) is 13.5 Å². The Balaban J connectivity index is 2.03. The van der Waals surface area contributed by atoms with Gasteiger partial charge in [-0.1, -0.05) is 45.7 Å². The molecule has 0 atom stereocenters. The first kappa shape index (κ1) is 14.1. The number of rotatable bonds is 3. The second-order valence-electron chi connectivity index (χ2n) is 4.28. The smallest absolute Gasteiger partial charge is 0.251 e. The molecule has 19 heavy (non-hydrogen) atoms. The molecule has 98 valence electrons. The summed E-state index contributed by atoms with van der Waals surface area (Å²) >= 11 is 9.41. The summed E-state index contributed by atoms with van der Waals surface area (Å²) in [6.45, 7) is 2.40. The first-order valence-corrected chi connectivity index (χ1v) is 7.02. The molecule has 2 aromatic rings. The maximum absolute atomic E-state index is 12.0. The Hall–Kier alpha value is -1.32. The van der Waals surface area contributed by atoms with E-state index in [0.29, 0.717) is 17.1 Å². The molecular formula is C15H13BrClNO. The molecule has 0 aromatic heterocycles. The number of nitrogens with one attached hydrogen (secondary N) is 1. The van der Waals surface area contributed by atoms with Crippen LogP contribution in [0.25, 0.3) is 0 Å². The summed E-state index contributed by atoms with van der Waals surface area (Å²) in [6.07, 6.45) is 0. The lowest BCUT2D eigenvalue weighted by Gasteiger charge is -2.07. The topological polar surface area (TPSA) is 29.1 Å². The number of aryl methyl sites for hydroxylation is 1. The van der Waals surface area contributed by atoms with Crippen molar-refractivity contribution < 1.29 is 4.79 Å². The first-order chi connectivity index (χ1) is 9.06. The number of carbonyl (C=O) groups excluding carboxylic acids is 1. The van der Waals surface area contributed by atoms with Crippen LogP contribution >= 0.6 is 27.5 Å². The Morgan fingerprint density at radius 1 is 1.26 bits per heavy atom. The predicted molar refractivity (Wildman–Crippen MR) is 81.5 cm³/mol. The largest absolute Gasteiger partial charge is 0.348 e. The molecule has 0 unspecified atom stereocenters. The highest BCUT2D eigenvalue weighted by molar-refractivity contribution is 9.10. The summed E-state index contributed by atoms with van der Waals surface area (Å²) in [6, 6.07) is 13.1. The van der Waals surface area contributed by atoms with E-state index >= 15 is 0 Å². The first-order valence-electron chi connectivity index (χ1n) is 5.85. The van der Waals surface area contributed by atoms with Crippen molar-refractivity contribution in [1.29, 1.82) is 0 Å². The van der Waals surface area contributed by atoms with E-state index in [4.69, 9.17) is 11.6 Å². The van der Waals surface area contributed by atoms with Gasteiger partial charge in [0.15, 0.2) is 0 Å². The number of amides is 1. The van der Waals surface area contributed by atoms with Crippen molar-refractivity contribution in [3.63, 3.8) is 0 Å². The molecule has 4 heteroatoms. The van der Waals surface area contributed by atoms with Gasteiger partial charge in [0.05, 0.1) is 0 Å². The molecule has 0 spiro atoms. The molecule has 2 rings (SSSR count). The van der Waals surface area contributed by atoms with E-state index in [1.807, 2.05) is 37.3 Å². The molecule has 1 N–H and O–H groups in total. The molecule has 0 saturated carbocycles. The fourth-order valence-corrected chi connectivity index (χ4v) is 2.29. The molecule has 0 aliphatic rings. The van der Waals surface area contributed by atoms with Crippen LogP contribution in [0.15, 0.2) is 46.9 Å². The van der Waals surface area contributed by atoms with Gasteiger partial charge in [-0.3, -0.25) is 4.79 Å². The second kappa shape index (κ2) is 6.22. The van der Waals surface area contributed by atoms with Gasteiger partial charge >= 0.3 is 0 Å². The van der Waals surface area contributed by atoms with Crippen molar-refractivity contribution in [3.8, 4) is 0 Å². The monoisotopic (exact) mass is 337 g/mol. The highest BCUT2D eigenvalue weighted by Crippen LogP contribution is 2.17. The fourth-order valence-electron chi connectivity index (χ4n) is 1.67. The summed E-state index contributed by atoms with van der Waals surface area (Å²) in [7, 11) is 0. The molecular weight excluding hydrogens is 326 g/mol. The summed E-state index contributed by atoms with van der Waals surface area (Å²) in [5.74, 6) is -0.123. The maximum Gasteiger partial charge on any atom is 0.251 e. The predicted octanol–water partition coefficient (Wildman–Crippen LogP) is 4.34. The molecule has 0 heterocycles. The van der Waals surface area contributed by atoms with Crippen LogP contribution in [-0.2, 0) is 6.54 Å². The van der Waals surface area contributed by atoms with Crippen molar-refractivity contribution in [2.75, 3.05) is 0 Å². The number of hydrogen-bond donors (Lipinski definition) is 1. The minimum Gasteiger partial charge on any atom is -0.348 e. The maximum atomic E-state index is 12.0. The summed E-state index contributed by atoms with van der Waals surface area (Å²) in [4.78, 5) is 12.0. The standard InChI is InChI=1S/C15H13BrClNO/c1-10-5-6-12(8-14(10)17)15(19)18-9-11-3-2-4-13(16)7-11/h2-8H,9H2,1H3,(H,18,19). The molecule has 0 saturated heterocycles. The summed E-state index contributed by atoms with van der Waals surface area (Å²) in [5.41, 5.74) is 2.58. The third-order valence-corrected chi connectivity index (χ3v) is 3.68. The van der Waals surface area contributed by atoms with Gasteiger partial charge in [-0.2, -0.15) is 0 Å². The lowest BCUT2D eigenvalue weighted by Crippen LogP contribution is -2.22. The molecule has 0 radical (unpaired) electrons. The van der Waals surface area contributed by atoms with Gasteiger partial charge in [0.2, 0.25) is 0 Å². The molecule has 0 aliphatic heterocycles. The zero-order valence-electron chi connectivity index (χ0n) is 10.4. The minimum atomic E-state index is -0.123. The highest BCUT2D eigenvalue weighted by atomic mass is 79.9. The van der Waals surface area contributed by atoms with Gasteiger partial charge < -0.3 is 5.32 Å². The average Bonchev–Trinajstić information content (AvgIpc) is 2.39. The van der Waals surface area contributed by atoms with E-state index in [1.165, 1.54) is 0 Å². The lowest BCUT2D eigenvalue weighted by molar-refractivity contribution is 0.0951. The molecule has 2 aromatic carbocycles. The van der Waals surface area contributed by atoms with Crippen LogP contribution in [0.3, 0.4) is 0 Å². The van der Waals surface area contributed by atoms with E-state index in [2.05, 4.69) is 21.2 Å². The second-order valence-corrected chi connectivity index (χ2v) is 5.60. The Labute approximate surface area is 125 Å². The zero-order valence-corrected chi connectivity index (χ0v) is 12.8. The molecule has 0 aliphatic carbocycles. The number of hydrogen-bond acceptors (Lipinski definition) is 1. The van der Waals surface area contributed by atoms with Crippen LogP contribution in [0.2, 0.25) is 5.02 Å². The SMILES string of the molecule is Cc1ccc(C(=O)NCc2cccc(Br)c2)cc1Cl. The van der Waals surface area contributed by atoms with Gasteiger partial charge in [-0.15, -0.1) is 0 Å². The minimum absolute atomic E-state index is 0.123.